The van der Waals surface area contributed by atoms with Gasteiger partial charge in [-0.05, 0) is 18.2 Å². The lowest BCUT2D eigenvalue weighted by Gasteiger charge is -2.16. The van der Waals surface area contributed by atoms with Gasteiger partial charge in [0.1, 0.15) is 0 Å². The summed E-state index contributed by atoms with van der Waals surface area (Å²) in [5.74, 6) is -2.18. The number of nitrogens with zero attached hydrogens (tertiary/aromatic N) is 2. The lowest BCUT2D eigenvalue weighted by Crippen LogP contribution is -2.27. The quantitative estimate of drug-likeness (QED) is 0.318. The van der Waals surface area contributed by atoms with Gasteiger partial charge in [0.15, 0.2) is 6.61 Å². The van der Waals surface area contributed by atoms with Crippen molar-refractivity contribution in [3.63, 3.8) is 0 Å². The first kappa shape index (κ1) is 19.5. The van der Waals surface area contributed by atoms with Crippen LogP contribution in [0.25, 0.3) is 0 Å². The van der Waals surface area contributed by atoms with Crippen LogP contribution in [-0.2, 0) is 14.3 Å². The van der Waals surface area contributed by atoms with Gasteiger partial charge < -0.3 is 9.64 Å². The summed E-state index contributed by atoms with van der Waals surface area (Å²) >= 11 is 5.93. The number of hydrogen-bond acceptors (Lipinski definition) is 6. The van der Waals surface area contributed by atoms with E-state index in [1.807, 2.05) is 0 Å². The number of amides is 1. The standard InChI is InChI=1S/C19H15ClN2O6/c20-14-4-2-5-15(9-14)21-10-13(8-18(21)24)19(25)28-11-17(23)12-3-1-6-16(7-12)22(26)27/h1-7,9,13H,8,10-11H2/t13-/m1/s1. The molecule has 0 unspecified atom stereocenters. The molecule has 3 rings (SSSR count). The average Bonchev–Trinajstić information content (AvgIpc) is 3.07. The number of benzene rings is 2. The molecule has 0 radical (unpaired) electrons. The highest BCUT2D eigenvalue weighted by atomic mass is 35.5. The molecule has 1 fully saturated rings. The molecule has 0 saturated carbocycles. The number of nitro groups is 1. The van der Waals surface area contributed by atoms with Gasteiger partial charge in [0.25, 0.3) is 5.69 Å². The molecule has 28 heavy (non-hydrogen) atoms. The van der Waals surface area contributed by atoms with E-state index in [2.05, 4.69) is 0 Å². The van der Waals surface area contributed by atoms with Crippen LogP contribution in [-0.4, -0.2) is 35.7 Å². The molecule has 0 bridgehead atoms. The molecule has 9 heteroatoms. The highest BCUT2D eigenvalue weighted by Gasteiger charge is 2.36. The highest BCUT2D eigenvalue weighted by Crippen LogP contribution is 2.27. The Morgan fingerprint density at radius 1 is 1.21 bits per heavy atom. The van der Waals surface area contributed by atoms with Gasteiger partial charge in [0.05, 0.1) is 10.8 Å². The fourth-order valence-corrected chi connectivity index (χ4v) is 3.07. The monoisotopic (exact) mass is 402 g/mol. The number of nitro benzene ring substituents is 1. The lowest BCUT2D eigenvalue weighted by molar-refractivity contribution is -0.384. The Labute approximate surface area is 164 Å². The van der Waals surface area contributed by atoms with E-state index in [9.17, 15) is 24.5 Å². The predicted octanol–water partition coefficient (Wildman–Crippen LogP) is 3.03. The summed E-state index contributed by atoms with van der Waals surface area (Å²) in [4.78, 5) is 48.2. The number of halogens is 1. The first-order valence-electron chi connectivity index (χ1n) is 8.35. The van der Waals surface area contributed by atoms with Gasteiger partial charge in [0, 0.05) is 41.4 Å². The van der Waals surface area contributed by atoms with Crippen LogP contribution in [0.4, 0.5) is 11.4 Å². The lowest BCUT2D eigenvalue weighted by atomic mass is 10.1. The largest absolute Gasteiger partial charge is 0.457 e. The Balaban J connectivity index is 1.59. The number of rotatable bonds is 6. The molecule has 1 saturated heterocycles. The van der Waals surface area contributed by atoms with E-state index in [1.165, 1.54) is 23.1 Å². The third-order valence-electron chi connectivity index (χ3n) is 4.30. The van der Waals surface area contributed by atoms with Crippen molar-refractivity contribution in [2.75, 3.05) is 18.1 Å². The summed E-state index contributed by atoms with van der Waals surface area (Å²) in [6.45, 7) is -0.426. The average molecular weight is 403 g/mol. The fraction of sp³-hybridized carbons (Fsp3) is 0.211. The molecule has 1 atom stereocenters. The molecule has 8 nitrogen and oxygen atoms in total. The normalized spacial score (nSPS) is 16.1. The molecule has 2 aromatic rings. The molecule has 1 aliphatic heterocycles. The third kappa shape index (κ3) is 4.34. The maximum absolute atomic E-state index is 12.3. The number of carbonyl (C=O) groups excluding carboxylic acids is 3. The fourth-order valence-electron chi connectivity index (χ4n) is 2.89. The number of hydrogen-bond donors (Lipinski definition) is 0. The number of Topliss-reactive ketones (excluding diaryl/α,β-unsaturated/α-hetero) is 1. The summed E-state index contributed by atoms with van der Waals surface area (Å²) in [5.41, 5.74) is 0.432. The van der Waals surface area contributed by atoms with E-state index in [0.29, 0.717) is 10.7 Å². The molecular formula is C19H15ClN2O6. The molecule has 1 heterocycles. The molecule has 0 aliphatic carbocycles. The number of ether oxygens (including phenoxy) is 1. The third-order valence-corrected chi connectivity index (χ3v) is 4.54. The molecule has 144 valence electrons. The molecule has 1 amide bonds. The van der Waals surface area contributed by atoms with Gasteiger partial charge in [-0.2, -0.15) is 0 Å². The highest BCUT2D eigenvalue weighted by molar-refractivity contribution is 6.31. The van der Waals surface area contributed by atoms with Crippen molar-refractivity contribution < 1.29 is 24.0 Å². The van der Waals surface area contributed by atoms with Gasteiger partial charge in [-0.15, -0.1) is 0 Å². The van der Waals surface area contributed by atoms with Gasteiger partial charge in [-0.1, -0.05) is 29.8 Å². The molecular weight excluding hydrogens is 388 g/mol. The van der Waals surface area contributed by atoms with Crippen molar-refractivity contribution in [3.05, 3.63) is 69.2 Å². The maximum Gasteiger partial charge on any atom is 0.311 e. The van der Waals surface area contributed by atoms with E-state index in [0.717, 1.165) is 6.07 Å². The maximum atomic E-state index is 12.3. The zero-order valence-corrected chi connectivity index (χ0v) is 15.3. The van der Waals surface area contributed by atoms with Crippen LogP contribution in [0.2, 0.25) is 5.02 Å². The van der Waals surface area contributed by atoms with Crippen LogP contribution in [0.15, 0.2) is 48.5 Å². The second kappa shape index (κ2) is 8.18. The first-order valence-corrected chi connectivity index (χ1v) is 8.73. The Hall–Kier alpha value is -3.26. The van der Waals surface area contributed by atoms with Gasteiger partial charge >= 0.3 is 5.97 Å². The molecule has 2 aromatic carbocycles. The van der Waals surface area contributed by atoms with Crippen LogP contribution in [0, 0.1) is 16.0 Å². The van der Waals surface area contributed by atoms with E-state index < -0.39 is 29.2 Å². The summed E-state index contributed by atoms with van der Waals surface area (Å²) < 4.78 is 5.04. The van der Waals surface area contributed by atoms with Crippen molar-refractivity contribution in [2.24, 2.45) is 5.92 Å². The zero-order valence-electron chi connectivity index (χ0n) is 14.5. The van der Waals surface area contributed by atoms with Crippen LogP contribution >= 0.6 is 11.6 Å². The minimum atomic E-state index is -0.704. The molecule has 0 N–H and O–H groups in total. The second-order valence-electron chi connectivity index (χ2n) is 6.22. The van der Waals surface area contributed by atoms with E-state index >= 15 is 0 Å². The van der Waals surface area contributed by atoms with Gasteiger partial charge in [-0.3, -0.25) is 24.5 Å². The zero-order chi connectivity index (χ0) is 20.3. The SMILES string of the molecule is O=C(COC(=O)[C@@H]1CC(=O)N(c2cccc(Cl)c2)C1)c1cccc([N+](=O)[O-])c1. The van der Waals surface area contributed by atoms with Gasteiger partial charge in [-0.25, -0.2) is 0 Å². The van der Waals surface area contributed by atoms with Crippen molar-refractivity contribution in [1.29, 1.82) is 0 Å². The Kier molecular flexibility index (Phi) is 5.70. The first-order chi connectivity index (χ1) is 13.3. The van der Waals surface area contributed by atoms with Crippen molar-refractivity contribution in [2.45, 2.75) is 6.42 Å². The molecule has 0 aromatic heterocycles. The van der Waals surface area contributed by atoms with E-state index in [1.54, 1.807) is 24.3 Å². The Bertz CT molecular complexity index is 961. The summed E-state index contributed by atoms with van der Waals surface area (Å²) in [7, 11) is 0. The number of anilines is 1. The predicted molar refractivity (Wildman–Crippen MR) is 100 cm³/mol. The topological polar surface area (TPSA) is 107 Å². The summed E-state index contributed by atoms with van der Waals surface area (Å²) in [6, 6.07) is 11.9. The van der Waals surface area contributed by atoms with Crippen molar-refractivity contribution >= 4 is 40.6 Å². The second-order valence-corrected chi connectivity index (χ2v) is 6.66. The van der Waals surface area contributed by atoms with Crippen LogP contribution in [0.3, 0.4) is 0 Å². The van der Waals surface area contributed by atoms with E-state index in [4.69, 9.17) is 16.3 Å². The molecule has 1 aliphatic rings. The van der Waals surface area contributed by atoms with Gasteiger partial charge in [0.2, 0.25) is 11.7 Å². The smallest absolute Gasteiger partial charge is 0.311 e. The van der Waals surface area contributed by atoms with Crippen LogP contribution in [0.5, 0.6) is 0 Å². The number of esters is 1. The van der Waals surface area contributed by atoms with Crippen LogP contribution < -0.4 is 4.90 Å². The van der Waals surface area contributed by atoms with Crippen molar-refractivity contribution in [1.82, 2.24) is 0 Å². The van der Waals surface area contributed by atoms with E-state index in [-0.39, 0.29) is 30.1 Å². The number of non-ortho nitro benzene ring substituents is 1. The summed E-state index contributed by atoms with van der Waals surface area (Å²) in [6.07, 6.45) is -0.0314. The minimum absolute atomic E-state index is 0.0314. The summed E-state index contributed by atoms with van der Waals surface area (Å²) in [5, 5.41) is 11.3. The number of carbonyl (C=O) groups is 3. The Morgan fingerprint density at radius 3 is 2.68 bits per heavy atom. The molecule has 0 spiro atoms. The number of ketones is 1. The minimum Gasteiger partial charge on any atom is -0.457 e. The van der Waals surface area contributed by atoms with Crippen molar-refractivity contribution in [3.8, 4) is 0 Å². The Morgan fingerprint density at radius 2 is 1.96 bits per heavy atom. The van der Waals surface area contributed by atoms with Crippen LogP contribution in [0.1, 0.15) is 16.8 Å².